The molecule has 8 heteroatoms. The first kappa shape index (κ1) is 18.3. The van der Waals surface area contributed by atoms with Gasteiger partial charge in [0.15, 0.2) is 0 Å². The lowest BCUT2D eigenvalue weighted by Gasteiger charge is -2.11. The monoisotopic (exact) mass is 389 g/mol. The Labute approximate surface area is 156 Å². The number of nitrogens with zero attached hydrogens (tertiary/aromatic N) is 2. The van der Waals surface area contributed by atoms with E-state index in [1.807, 2.05) is 28.8 Å². The molecule has 0 atom stereocenters. The van der Waals surface area contributed by atoms with Crippen LogP contribution in [-0.4, -0.2) is 38.7 Å². The van der Waals surface area contributed by atoms with Gasteiger partial charge in [-0.1, -0.05) is 6.07 Å². The molecule has 0 aliphatic carbocycles. The fourth-order valence-electron chi connectivity index (χ4n) is 2.56. The zero-order chi connectivity index (χ0) is 18.6. The lowest BCUT2D eigenvalue weighted by Crippen LogP contribution is -2.20. The molecular weight excluding hydrogens is 370 g/mol. The molecule has 3 rings (SSSR count). The molecule has 2 heterocycles. The zero-order valence-electron chi connectivity index (χ0n) is 14.3. The van der Waals surface area contributed by atoms with E-state index < -0.39 is 10.0 Å². The Hall–Kier alpha value is -2.45. The van der Waals surface area contributed by atoms with Crippen molar-refractivity contribution in [1.82, 2.24) is 4.90 Å². The van der Waals surface area contributed by atoms with E-state index in [1.54, 1.807) is 29.5 Å². The van der Waals surface area contributed by atoms with Crippen LogP contribution in [0.5, 0.6) is 0 Å². The Morgan fingerprint density at radius 3 is 2.88 bits per heavy atom. The van der Waals surface area contributed by atoms with Gasteiger partial charge in [-0.05, 0) is 53.1 Å². The molecule has 0 radical (unpaired) electrons. The van der Waals surface area contributed by atoms with Gasteiger partial charge in [0.05, 0.1) is 4.90 Å². The quantitative estimate of drug-likeness (QED) is 0.797. The lowest BCUT2D eigenvalue weighted by atomic mass is 10.3. The number of carbonyl (C=O) groups is 1. The fraction of sp³-hybridized carbons (Fsp3) is 0.222. The first-order valence-corrected chi connectivity index (χ1v) is 10.5. The second-order valence-corrected chi connectivity index (χ2v) is 8.30. The van der Waals surface area contributed by atoms with Gasteiger partial charge in [0.25, 0.3) is 10.0 Å². The minimum Gasteiger partial charge on any atom is -0.362 e. The van der Waals surface area contributed by atoms with Crippen molar-refractivity contribution in [3.05, 3.63) is 52.7 Å². The van der Waals surface area contributed by atoms with Gasteiger partial charge in [0.2, 0.25) is 5.91 Å². The van der Waals surface area contributed by atoms with Crippen molar-refractivity contribution in [1.29, 1.82) is 0 Å². The summed E-state index contributed by atoms with van der Waals surface area (Å²) in [6.07, 6.45) is 4.67. The van der Waals surface area contributed by atoms with Crippen LogP contribution in [0.3, 0.4) is 0 Å². The first-order valence-electron chi connectivity index (χ1n) is 8.10. The number of rotatable bonds is 5. The molecule has 1 saturated heterocycles. The summed E-state index contributed by atoms with van der Waals surface area (Å²) in [5.74, 6) is 0.241. The highest BCUT2D eigenvalue weighted by molar-refractivity contribution is 7.90. The van der Waals surface area contributed by atoms with Gasteiger partial charge >= 0.3 is 0 Å². The van der Waals surface area contributed by atoms with Crippen LogP contribution in [0.15, 0.2) is 56.5 Å². The third kappa shape index (κ3) is 4.59. The average molecular weight is 390 g/mol. The zero-order valence-corrected chi connectivity index (χ0v) is 15.9. The van der Waals surface area contributed by atoms with Gasteiger partial charge in [-0.2, -0.15) is 19.8 Å². The fourth-order valence-corrected chi connectivity index (χ4v) is 4.33. The summed E-state index contributed by atoms with van der Waals surface area (Å²) in [6, 6.07) is 8.03. The number of carbonyl (C=O) groups excluding carboxylic acids is 1. The molecule has 1 N–H and O–H groups in total. The smallest absolute Gasteiger partial charge is 0.284 e. The van der Waals surface area contributed by atoms with Gasteiger partial charge < -0.3 is 10.2 Å². The second kappa shape index (κ2) is 7.84. The van der Waals surface area contributed by atoms with E-state index in [0.717, 1.165) is 18.5 Å². The third-order valence-corrected chi connectivity index (χ3v) is 5.93. The average Bonchev–Trinajstić information content (AvgIpc) is 3.25. The van der Waals surface area contributed by atoms with Crippen molar-refractivity contribution in [2.24, 2.45) is 4.40 Å². The predicted molar refractivity (Wildman–Crippen MR) is 105 cm³/mol. The van der Waals surface area contributed by atoms with Crippen LogP contribution in [-0.2, 0) is 14.8 Å². The van der Waals surface area contributed by atoms with E-state index in [1.165, 1.54) is 18.2 Å². The van der Waals surface area contributed by atoms with Crippen molar-refractivity contribution in [2.75, 3.05) is 18.9 Å². The molecule has 1 amide bonds. The Morgan fingerprint density at radius 1 is 1.35 bits per heavy atom. The normalized spacial score (nSPS) is 16.5. The summed E-state index contributed by atoms with van der Waals surface area (Å²) in [6.45, 7) is 0.806. The highest BCUT2D eigenvalue weighted by Crippen LogP contribution is 2.20. The highest BCUT2D eigenvalue weighted by atomic mass is 32.2. The summed E-state index contributed by atoms with van der Waals surface area (Å²) in [5.41, 5.74) is 1.35. The van der Waals surface area contributed by atoms with E-state index in [2.05, 4.69) is 9.71 Å². The number of amidine groups is 1. The third-order valence-electron chi connectivity index (χ3n) is 3.93. The molecule has 1 fully saturated rings. The Balaban J connectivity index is 1.74. The summed E-state index contributed by atoms with van der Waals surface area (Å²) in [7, 11) is -1.97. The largest absolute Gasteiger partial charge is 0.362 e. The summed E-state index contributed by atoms with van der Waals surface area (Å²) in [4.78, 5) is 13.9. The molecule has 0 saturated carbocycles. The number of sulfonamides is 1. The molecule has 26 heavy (non-hydrogen) atoms. The van der Waals surface area contributed by atoms with Gasteiger partial charge in [-0.3, -0.25) is 4.79 Å². The molecule has 0 spiro atoms. The molecular formula is C18H19N3O3S2. The maximum atomic E-state index is 12.5. The number of hydrogen-bond donors (Lipinski definition) is 1. The second-order valence-electron chi connectivity index (χ2n) is 5.91. The van der Waals surface area contributed by atoms with Gasteiger partial charge in [-0.15, -0.1) is 4.40 Å². The molecule has 1 aromatic heterocycles. The van der Waals surface area contributed by atoms with Crippen molar-refractivity contribution in [2.45, 2.75) is 17.7 Å². The van der Waals surface area contributed by atoms with Crippen LogP contribution in [0.25, 0.3) is 6.08 Å². The Morgan fingerprint density at radius 2 is 2.19 bits per heavy atom. The molecule has 136 valence electrons. The summed E-state index contributed by atoms with van der Waals surface area (Å²) >= 11 is 1.55. The number of thiophene rings is 1. The van der Waals surface area contributed by atoms with Crippen LogP contribution in [0, 0.1) is 0 Å². The van der Waals surface area contributed by atoms with Crippen molar-refractivity contribution >= 4 is 44.9 Å². The number of nitrogens with one attached hydrogen (secondary N) is 1. The van der Waals surface area contributed by atoms with E-state index in [0.29, 0.717) is 17.9 Å². The van der Waals surface area contributed by atoms with Gasteiger partial charge in [-0.25, -0.2) is 0 Å². The van der Waals surface area contributed by atoms with Crippen molar-refractivity contribution in [3.63, 3.8) is 0 Å². The van der Waals surface area contributed by atoms with E-state index >= 15 is 0 Å². The van der Waals surface area contributed by atoms with Crippen molar-refractivity contribution < 1.29 is 13.2 Å². The molecule has 6 nitrogen and oxygen atoms in total. The molecule has 1 aliphatic heterocycles. The molecule has 0 unspecified atom stereocenters. The van der Waals surface area contributed by atoms with Crippen molar-refractivity contribution in [3.8, 4) is 0 Å². The van der Waals surface area contributed by atoms with E-state index in [-0.39, 0.29) is 10.8 Å². The number of benzene rings is 1. The SMILES string of the molecule is CN1CCC/C1=N\S(=O)(=O)c1cccc(NC(=O)/C=C/c2ccsc2)c1. The topological polar surface area (TPSA) is 78.8 Å². The van der Waals surface area contributed by atoms with E-state index in [4.69, 9.17) is 0 Å². The minimum absolute atomic E-state index is 0.0601. The van der Waals surface area contributed by atoms with E-state index in [9.17, 15) is 13.2 Å². The Kier molecular flexibility index (Phi) is 5.53. The van der Waals surface area contributed by atoms with Crippen LogP contribution in [0.4, 0.5) is 5.69 Å². The number of hydrogen-bond acceptors (Lipinski definition) is 4. The minimum atomic E-state index is -3.80. The summed E-state index contributed by atoms with van der Waals surface area (Å²) < 4.78 is 29.0. The molecule has 0 bridgehead atoms. The van der Waals surface area contributed by atoms with Gasteiger partial charge in [0.1, 0.15) is 5.84 Å². The molecule has 2 aromatic rings. The van der Waals surface area contributed by atoms with Crippen LogP contribution in [0.1, 0.15) is 18.4 Å². The lowest BCUT2D eigenvalue weighted by molar-refractivity contribution is -0.111. The van der Waals surface area contributed by atoms with Crippen LogP contribution >= 0.6 is 11.3 Å². The van der Waals surface area contributed by atoms with Crippen LogP contribution < -0.4 is 5.32 Å². The number of anilines is 1. The first-order chi connectivity index (χ1) is 12.4. The Bertz CT molecular complexity index is 948. The summed E-state index contributed by atoms with van der Waals surface area (Å²) in [5, 5.41) is 6.53. The highest BCUT2D eigenvalue weighted by Gasteiger charge is 2.20. The van der Waals surface area contributed by atoms with Crippen LogP contribution in [0.2, 0.25) is 0 Å². The maximum Gasteiger partial charge on any atom is 0.284 e. The number of amides is 1. The van der Waals surface area contributed by atoms with Gasteiger partial charge in [0, 0.05) is 31.8 Å². The molecule has 1 aliphatic rings. The number of likely N-dealkylation sites (tertiary alicyclic amines) is 1. The predicted octanol–water partition coefficient (Wildman–Crippen LogP) is 3.21. The maximum absolute atomic E-state index is 12.5. The molecule has 1 aromatic carbocycles. The standard InChI is InChI=1S/C18H19N3O3S2/c1-21-10-3-6-17(21)20-26(23,24)16-5-2-4-15(12-16)19-18(22)8-7-14-9-11-25-13-14/h2,4-5,7-9,11-13H,3,6,10H2,1H3,(H,19,22)/b8-7+,20-17+.